The van der Waals surface area contributed by atoms with Gasteiger partial charge in [-0.3, -0.25) is 4.79 Å². The zero-order valence-corrected chi connectivity index (χ0v) is 15.1. The molecule has 0 saturated carbocycles. The number of hydrogen-bond acceptors (Lipinski definition) is 3. The number of alkyl halides is 3. The summed E-state index contributed by atoms with van der Waals surface area (Å²) in [5.41, 5.74) is -1.80. The Balaban J connectivity index is 1.97. The molecule has 1 N–H and O–H groups in total. The molecule has 8 heteroatoms. The van der Waals surface area contributed by atoms with Gasteiger partial charge in [-0.05, 0) is 24.1 Å². The average molecular weight is 397 g/mol. The minimum atomic E-state index is -5.07. The van der Waals surface area contributed by atoms with Crippen LogP contribution in [0.5, 0.6) is 0 Å². The van der Waals surface area contributed by atoms with Gasteiger partial charge in [-0.2, -0.15) is 23.3 Å². The molecule has 27 heavy (non-hydrogen) atoms. The van der Waals surface area contributed by atoms with Crippen molar-refractivity contribution in [2.24, 2.45) is 5.10 Å². The zero-order chi connectivity index (χ0) is 19.8. The number of nitrogens with zero attached hydrogens (tertiary/aromatic N) is 2. The van der Waals surface area contributed by atoms with Crippen LogP contribution in [0.3, 0.4) is 0 Å². The summed E-state index contributed by atoms with van der Waals surface area (Å²) in [4.78, 5) is 12.6. The molecule has 3 rings (SSSR count). The first kappa shape index (κ1) is 19.4. The number of benzene rings is 2. The lowest BCUT2D eigenvalue weighted by Crippen LogP contribution is -2.57. The summed E-state index contributed by atoms with van der Waals surface area (Å²) < 4.78 is 40.8. The summed E-state index contributed by atoms with van der Waals surface area (Å²) in [6.45, 7) is 1.79. The largest absolute Gasteiger partial charge is 0.438 e. The van der Waals surface area contributed by atoms with Crippen LogP contribution in [0.2, 0.25) is 5.02 Å². The molecule has 1 atom stereocenters. The molecule has 1 unspecified atom stereocenters. The van der Waals surface area contributed by atoms with Gasteiger partial charge in [-0.15, -0.1) is 0 Å². The minimum absolute atomic E-state index is 0.00830. The predicted octanol–water partition coefficient (Wildman–Crippen LogP) is 4.08. The highest BCUT2D eigenvalue weighted by Gasteiger charge is 2.63. The molecule has 1 aliphatic heterocycles. The smallest absolute Gasteiger partial charge is 0.362 e. The lowest BCUT2D eigenvalue weighted by atomic mass is 9.99. The van der Waals surface area contributed by atoms with Gasteiger partial charge in [0.15, 0.2) is 0 Å². The zero-order valence-electron chi connectivity index (χ0n) is 14.3. The monoisotopic (exact) mass is 396 g/mol. The van der Waals surface area contributed by atoms with Gasteiger partial charge in [0.1, 0.15) is 0 Å². The predicted molar refractivity (Wildman–Crippen MR) is 95.3 cm³/mol. The van der Waals surface area contributed by atoms with E-state index in [4.69, 9.17) is 11.6 Å². The maximum absolute atomic E-state index is 13.6. The highest BCUT2D eigenvalue weighted by Crippen LogP contribution is 2.41. The number of rotatable bonds is 3. The first-order valence-electron chi connectivity index (χ1n) is 8.12. The Hall–Kier alpha value is -2.38. The molecular weight excluding hydrogens is 381 g/mol. The normalized spacial score (nSPS) is 19.9. The SMILES string of the molecule is Cc1cccc(C2=NN(C(=O)Cc3ccccc3Cl)C(O)(C(F)(F)F)C2)c1. The van der Waals surface area contributed by atoms with E-state index in [0.29, 0.717) is 11.1 Å². The summed E-state index contributed by atoms with van der Waals surface area (Å²) in [5, 5.41) is 14.6. The highest BCUT2D eigenvalue weighted by molar-refractivity contribution is 6.31. The molecule has 0 bridgehead atoms. The summed E-state index contributed by atoms with van der Waals surface area (Å²) >= 11 is 5.99. The minimum Gasteiger partial charge on any atom is -0.362 e. The first-order chi connectivity index (χ1) is 12.6. The van der Waals surface area contributed by atoms with Gasteiger partial charge in [-0.25, -0.2) is 0 Å². The fourth-order valence-corrected chi connectivity index (χ4v) is 3.10. The van der Waals surface area contributed by atoms with E-state index in [1.54, 1.807) is 43.3 Å². The lowest BCUT2D eigenvalue weighted by Gasteiger charge is -2.32. The molecule has 1 amide bonds. The van der Waals surface area contributed by atoms with Gasteiger partial charge >= 0.3 is 6.18 Å². The Bertz CT molecular complexity index is 914. The average Bonchev–Trinajstić information content (AvgIpc) is 2.96. The first-order valence-corrected chi connectivity index (χ1v) is 8.50. The Labute approximate surface area is 158 Å². The van der Waals surface area contributed by atoms with Gasteiger partial charge in [0.25, 0.3) is 5.72 Å². The van der Waals surface area contributed by atoms with E-state index in [9.17, 15) is 23.1 Å². The topological polar surface area (TPSA) is 52.9 Å². The van der Waals surface area contributed by atoms with Crippen molar-refractivity contribution in [2.75, 3.05) is 0 Å². The molecule has 0 aromatic heterocycles. The number of carbonyl (C=O) groups excluding carboxylic acids is 1. The summed E-state index contributed by atoms with van der Waals surface area (Å²) in [6.07, 6.45) is -6.32. The third-order valence-electron chi connectivity index (χ3n) is 4.33. The standard InChI is InChI=1S/C19H16ClF3N2O2/c1-12-5-4-7-14(9-12)16-11-18(27,19(21,22)23)25(24-16)17(26)10-13-6-2-3-8-15(13)20/h2-9,27H,10-11H2,1H3. The fourth-order valence-electron chi connectivity index (χ4n) is 2.89. The van der Waals surface area contributed by atoms with Gasteiger partial charge in [0, 0.05) is 5.02 Å². The van der Waals surface area contributed by atoms with Crippen LogP contribution in [-0.4, -0.2) is 33.6 Å². The molecule has 2 aromatic carbocycles. The van der Waals surface area contributed by atoms with Gasteiger partial charge < -0.3 is 5.11 Å². The number of amides is 1. The van der Waals surface area contributed by atoms with E-state index < -0.39 is 30.7 Å². The second kappa shape index (κ2) is 6.98. The van der Waals surface area contributed by atoms with Crippen LogP contribution in [-0.2, 0) is 11.2 Å². The number of carbonyl (C=O) groups is 1. The molecule has 1 heterocycles. The summed E-state index contributed by atoms with van der Waals surface area (Å²) in [6, 6.07) is 13.0. The van der Waals surface area contributed by atoms with Crippen molar-refractivity contribution in [1.82, 2.24) is 5.01 Å². The van der Waals surface area contributed by atoms with Gasteiger partial charge in [-0.1, -0.05) is 59.6 Å². The lowest BCUT2D eigenvalue weighted by molar-refractivity contribution is -0.302. The molecular formula is C19H16ClF3N2O2. The second-order valence-corrected chi connectivity index (χ2v) is 6.79. The highest BCUT2D eigenvalue weighted by atomic mass is 35.5. The van der Waals surface area contributed by atoms with E-state index in [0.717, 1.165) is 5.56 Å². The van der Waals surface area contributed by atoms with Crippen LogP contribution in [0.25, 0.3) is 0 Å². The van der Waals surface area contributed by atoms with E-state index in [2.05, 4.69) is 5.10 Å². The number of hydrogen-bond donors (Lipinski definition) is 1. The van der Waals surface area contributed by atoms with Crippen LogP contribution in [0.1, 0.15) is 23.1 Å². The Kier molecular flexibility index (Phi) is 5.01. The Morgan fingerprint density at radius 2 is 1.96 bits per heavy atom. The van der Waals surface area contributed by atoms with E-state index in [1.165, 1.54) is 12.1 Å². The number of aliphatic hydroxyl groups is 1. The quantitative estimate of drug-likeness (QED) is 0.850. The molecule has 0 saturated heterocycles. The number of halogens is 4. The van der Waals surface area contributed by atoms with Crippen molar-refractivity contribution >= 4 is 23.2 Å². The van der Waals surface area contributed by atoms with Gasteiger partial charge in [0.2, 0.25) is 5.91 Å². The maximum Gasteiger partial charge on any atom is 0.438 e. The Morgan fingerprint density at radius 3 is 2.59 bits per heavy atom. The van der Waals surface area contributed by atoms with E-state index in [1.807, 2.05) is 0 Å². The molecule has 0 spiro atoms. The van der Waals surface area contributed by atoms with Crippen molar-refractivity contribution < 1.29 is 23.1 Å². The van der Waals surface area contributed by atoms with Crippen LogP contribution in [0, 0.1) is 6.92 Å². The van der Waals surface area contributed by atoms with Crippen molar-refractivity contribution in [3.63, 3.8) is 0 Å². The Morgan fingerprint density at radius 1 is 1.26 bits per heavy atom. The molecule has 0 aliphatic carbocycles. The van der Waals surface area contributed by atoms with Crippen molar-refractivity contribution in [2.45, 2.75) is 31.7 Å². The molecule has 4 nitrogen and oxygen atoms in total. The molecule has 142 valence electrons. The number of aryl methyl sites for hydroxylation is 1. The molecule has 1 aliphatic rings. The van der Waals surface area contributed by atoms with E-state index in [-0.39, 0.29) is 15.7 Å². The van der Waals surface area contributed by atoms with Crippen molar-refractivity contribution in [3.05, 3.63) is 70.2 Å². The summed E-state index contributed by atoms with van der Waals surface area (Å²) in [5.74, 6) is -0.995. The van der Waals surface area contributed by atoms with Crippen molar-refractivity contribution in [3.8, 4) is 0 Å². The van der Waals surface area contributed by atoms with Crippen LogP contribution < -0.4 is 0 Å². The summed E-state index contributed by atoms with van der Waals surface area (Å²) in [7, 11) is 0. The maximum atomic E-state index is 13.6. The third-order valence-corrected chi connectivity index (χ3v) is 4.69. The third kappa shape index (κ3) is 3.70. The fraction of sp³-hybridized carbons (Fsp3) is 0.263. The van der Waals surface area contributed by atoms with Crippen LogP contribution in [0.15, 0.2) is 53.6 Å². The van der Waals surface area contributed by atoms with Gasteiger partial charge in [0.05, 0.1) is 18.6 Å². The number of hydrazone groups is 1. The molecule has 0 radical (unpaired) electrons. The second-order valence-electron chi connectivity index (χ2n) is 6.38. The van der Waals surface area contributed by atoms with E-state index >= 15 is 0 Å². The van der Waals surface area contributed by atoms with Crippen LogP contribution in [0.4, 0.5) is 13.2 Å². The van der Waals surface area contributed by atoms with Crippen LogP contribution >= 0.6 is 11.6 Å². The molecule has 0 fully saturated rings. The molecule has 2 aromatic rings. The van der Waals surface area contributed by atoms with Crippen molar-refractivity contribution in [1.29, 1.82) is 0 Å².